The molecule has 4 rings (SSSR count). The van der Waals surface area contributed by atoms with Crippen LogP contribution in [0.25, 0.3) is 0 Å². The summed E-state index contributed by atoms with van der Waals surface area (Å²) < 4.78 is 133. The fourth-order valence-electron chi connectivity index (χ4n) is 7.28. The Labute approximate surface area is 232 Å². The Morgan fingerprint density at radius 2 is 1.55 bits per heavy atom. The van der Waals surface area contributed by atoms with Crippen molar-refractivity contribution in [1.29, 1.82) is 0 Å². The predicted octanol–water partition coefficient (Wildman–Crippen LogP) is 8.07. The summed E-state index contributed by atoms with van der Waals surface area (Å²) in [5.74, 6) is 2.57. The van der Waals surface area contributed by atoms with E-state index in [1.165, 1.54) is 11.1 Å². The van der Waals surface area contributed by atoms with Gasteiger partial charge in [0.25, 0.3) is 0 Å². The molecule has 1 unspecified atom stereocenters. The normalized spacial score (nSPS) is 29.1. The number of rotatable bonds is 9. The van der Waals surface area contributed by atoms with Crippen molar-refractivity contribution < 1.29 is 53.7 Å². The van der Waals surface area contributed by atoms with Crippen molar-refractivity contribution in [3.8, 4) is 5.75 Å². The quantitative estimate of drug-likeness (QED) is 0.175. The van der Waals surface area contributed by atoms with E-state index in [1.54, 1.807) is 0 Å². The first-order valence-electron chi connectivity index (χ1n) is 13.4. The van der Waals surface area contributed by atoms with Gasteiger partial charge in [0.1, 0.15) is 5.75 Å². The molecule has 0 heterocycles. The van der Waals surface area contributed by atoms with Crippen molar-refractivity contribution in [2.75, 3.05) is 25.6 Å². The number of benzene rings is 1. The third-order valence-corrected chi connectivity index (χ3v) is 9.28. The number of hydrogen-bond acceptors (Lipinski definition) is 4. The predicted molar refractivity (Wildman–Crippen MR) is 132 cm³/mol. The van der Waals surface area contributed by atoms with Crippen molar-refractivity contribution in [2.45, 2.75) is 88.0 Å². The smallest absolute Gasteiger partial charge is 0.435 e. The molecule has 2 fully saturated rings. The Morgan fingerprint density at radius 1 is 0.875 bits per heavy atom. The second-order valence-corrected chi connectivity index (χ2v) is 11.7. The fourth-order valence-corrected chi connectivity index (χ4v) is 7.37. The van der Waals surface area contributed by atoms with Crippen molar-refractivity contribution >= 4 is 12.6 Å². The van der Waals surface area contributed by atoms with Crippen LogP contribution in [0.15, 0.2) is 18.2 Å². The van der Waals surface area contributed by atoms with E-state index >= 15 is 0 Å². The molecule has 0 spiro atoms. The van der Waals surface area contributed by atoms with Gasteiger partial charge < -0.3 is 14.2 Å². The van der Waals surface area contributed by atoms with Gasteiger partial charge >= 0.3 is 24.1 Å². The van der Waals surface area contributed by atoms with Gasteiger partial charge in [0.2, 0.25) is 0 Å². The number of fused-ring (bicyclic) bond motifs is 5. The first-order chi connectivity index (χ1) is 18.6. The molecule has 0 N–H and O–H groups in total. The van der Waals surface area contributed by atoms with Crippen molar-refractivity contribution in [3.63, 3.8) is 0 Å². The minimum absolute atomic E-state index is 0.233. The van der Waals surface area contributed by atoms with Gasteiger partial charge in [-0.15, -0.1) is 0 Å². The molecule has 2 saturated carbocycles. The van der Waals surface area contributed by atoms with Crippen LogP contribution in [0.2, 0.25) is 0 Å². The highest BCUT2D eigenvalue weighted by Crippen LogP contribution is 2.62. The Hall–Kier alpha value is -1.34. The van der Waals surface area contributed by atoms with Gasteiger partial charge in [0, 0.05) is 12.4 Å². The summed E-state index contributed by atoms with van der Waals surface area (Å²) in [5.41, 5.74) is -3.88. The number of alkyl halides is 9. The minimum Gasteiger partial charge on any atom is -0.493 e. The van der Waals surface area contributed by atoms with E-state index < -0.39 is 37.2 Å². The van der Waals surface area contributed by atoms with Gasteiger partial charge in [-0.3, -0.25) is 0 Å². The van der Waals surface area contributed by atoms with Crippen LogP contribution < -0.4 is 4.74 Å². The van der Waals surface area contributed by atoms with Crippen LogP contribution in [-0.2, 0) is 15.9 Å². The topological polar surface area (TPSA) is 27.7 Å². The molecule has 5 atom stereocenters. The van der Waals surface area contributed by atoms with E-state index in [9.17, 15) is 39.5 Å². The van der Waals surface area contributed by atoms with Gasteiger partial charge in [-0.25, -0.2) is 0 Å². The molecule has 0 amide bonds. The van der Waals surface area contributed by atoms with E-state index in [2.05, 4.69) is 36.4 Å². The first kappa shape index (κ1) is 31.6. The third-order valence-electron chi connectivity index (χ3n) is 9.09. The van der Waals surface area contributed by atoms with Crippen LogP contribution in [0.1, 0.15) is 62.5 Å². The van der Waals surface area contributed by atoms with E-state index in [4.69, 9.17) is 9.47 Å². The average molecular weight is 609 g/mol. The summed E-state index contributed by atoms with van der Waals surface area (Å²) in [4.78, 5) is 0. The molecule has 228 valence electrons. The lowest BCUT2D eigenvalue weighted by Gasteiger charge is -2.50. The zero-order chi connectivity index (χ0) is 29.6. The summed E-state index contributed by atoms with van der Waals surface area (Å²) in [6.45, 7) is 0.916. The molecule has 1 aromatic rings. The summed E-state index contributed by atoms with van der Waals surface area (Å²) in [5, 5.41) is 0. The highest BCUT2D eigenvalue weighted by molar-refractivity contribution is 7.80. The number of thiol groups is 1. The fraction of sp³-hybridized carbons (Fsp3) is 0.778. The number of aryl methyl sites for hydroxylation is 1. The first-order valence-corrected chi connectivity index (χ1v) is 14.0. The molecule has 1 aromatic carbocycles. The van der Waals surface area contributed by atoms with Crippen LogP contribution in [0.3, 0.4) is 0 Å². The molecular formula is C27H33F9O3S. The Balaban J connectivity index is 1.36. The second-order valence-electron chi connectivity index (χ2n) is 11.2. The van der Waals surface area contributed by atoms with Crippen LogP contribution in [0.4, 0.5) is 39.5 Å². The zero-order valence-corrected chi connectivity index (χ0v) is 22.8. The molecule has 3 nitrogen and oxygen atoms in total. The largest absolute Gasteiger partial charge is 0.493 e. The standard InChI is InChI=1S/C27H33F9O3S/c1-23-10-9-19-18-6-4-17(37-13-14-40)15-16(18)3-5-20(19)21(23)7-8-22(23)38-11-2-12-39-24(25(28,29)30,26(31,32)33)27(34,35)36/h4,6,15,19-22,40H,2-3,5,7-14H2,1H3/t19-,20?,21+,22+,23+/m1/s1. The lowest BCUT2D eigenvalue weighted by molar-refractivity contribution is -0.457. The zero-order valence-electron chi connectivity index (χ0n) is 21.9. The Bertz CT molecular complexity index is 990. The van der Waals surface area contributed by atoms with Gasteiger partial charge in [0.05, 0.1) is 19.3 Å². The monoisotopic (exact) mass is 608 g/mol. The summed E-state index contributed by atoms with van der Waals surface area (Å²) >= 11 is 4.17. The number of hydrogen-bond donors (Lipinski definition) is 1. The molecule has 0 aromatic heterocycles. The van der Waals surface area contributed by atoms with E-state index in [-0.39, 0.29) is 18.1 Å². The second kappa shape index (κ2) is 11.4. The molecule has 0 radical (unpaired) electrons. The highest BCUT2D eigenvalue weighted by Gasteiger charge is 2.85. The van der Waals surface area contributed by atoms with Crippen molar-refractivity contribution in [3.05, 3.63) is 29.3 Å². The molecule has 3 aliphatic carbocycles. The van der Waals surface area contributed by atoms with Gasteiger partial charge in [-0.1, -0.05) is 13.0 Å². The molecule has 0 aliphatic heterocycles. The number of ether oxygens (including phenoxy) is 3. The SMILES string of the molecule is C[C@]12CC[C@@H]3c4ccc(OCCS)cc4CCC3[C@@H]1CC[C@@H]2OCCCOC(C(F)(F)F)(C(F)(F)F)C(F)(F)F. The maximum Gasteiger partial charge on any atom is 0.435 e. The van der Waals surface area contributed by atoms with Crippen LogP contribution in [-0.4, -0.2) is 55.8 Å². The molecule has 0 bridgehead atoms. The van der Waals surface area contributed by atoms with Crippen LogP contribution in [0, 0.1) is 17.3 Å². The molecule has 13 heteroatoms. The lowest BCUT2D eigenvalue weighted by Crippen LogP contribution is -2.67. The molecule has 40 heavy (non-hydrogen) atoms. The summed E-state index contributed by atoms with van der Waals surface area (Å²) in [6, 6.07) is 6.21. The van der Waals surface area contributed by atoms with Crippen LogP contribution >= 0.6 is 12.6 Å². The van der Waals surface area contributed by atoms with E-state index in [0.717, 1.165) is 37.9 Å². The Kier molecular flexibility index (Phi) is 9.00. The summed E-state index contributed by atoms with van der Waals surface area (Å²) in [6.07, 6.45) is -15.8. The third kappa shape index (κ3) is 5.55. The van der Waals surface area contributed by atoms with Gasteiger partial charge in [-0.05, 0) is 91.4 Å². The van der Waals surface area contributed by atoms with E-state index in [1.807, 2.05) is 6.07 Å². The van der Waals surface area contributed by atoms with Crippen molar-refractivity contribution in [1.82, 2.24) is 0 Å². The van der Waals surface area contributed by atoms with Gasteiger partial charge in [-0.2, -0.15) is 52.1 Å². The molecular weight excluding hydrogens is 575 g/mol. The summed E-state index contributed by atoms with van der Waals surface area (Å²) in [7, 11) is 0. The highest BCUT2D eigenvalue weighted by atomic mass is 32.1. The lowest BCUT2D eigenvalue weighted by atomic mass is 9.55. The van der Waals surface area contributed by atoms with Crippen LogP contribution in [0.5, 0.6) is 5.75 Å². The van der Waals surface area contributed by atoms with Gasteiger partial charge in [0.15, 0.2) is 0 Å². The molecule has 3 aliphatic rings. The van der Waals surface area contributed by atoms with Crippen molar-refractivity contribution in [2.24, 2.45) is 17.3 Å². The van der Waals surface area contributed by atoms with E-state index in [0.29, 0.717) is 36.5 Å². The maximum atomic E-state index is 13.1. The number of halogens is 9. The maximum absolute atomic E-state index is 13.1. The molecule has 0 saturated heterocycles. The Morgan fingerprint density at radius 3 is 2.17 bits per heavy atom. The minimum atomic E-state index is -6.73. The average Bonchev–Trinajstić information content (AvgIpc) is 3.18.